The van der Waals surface area contributed by atoms with Crippen LogP contribution in [-0.2, 0) is 0 Å². The van der Waals surface area contributed by atoms with Gasteiger partial charge in [-0.2, -0.15) is 0 Å². The second kappa shape index (κ2) is 4.69. The molecule has 0 fully saturated rings. The van der Waals surface area contributed by atoms with E-state index in [1.54, 1.807) is 0 Å². The van der Waals surface area contributed by atoms with Crippen molar-refractivity contribution in [2.75, 3.05) is 12.4 Å². The molecule has 14 heavy (non-hydrogen) atoms. The van der Waals surface area contributed by atoms with Gasteiger partial charge >= 0.3 is 0 Å². The molecule has 0 radical (unpaired) electrons. The quantitative estimate of drug-likeness (QED) is 0.806. The van der Waals surface area contributed by atoms with Gasteiger partial charge in [0, 0.05) is 6.07 Å². The smallest absolute Gasteiger partial charge is 0.258 e. The minimum atomic E-state index is -2.43. The first kappa shape index (κ1) is 10.6. The van der Waals surface area contributed by atoms with E-state index in [-0.39, 0.29) is 0 Å². The number of hydrogen-bond acceptors (Lipinski definition) is 4. The Balaban J connectivity index is 2.66. The molecule has 1 unspecified atom stereocenters. The number of methoxy groups -OCH3 is 1. The fourth-order valence-electron chi connectivity index (χ4n) is 0.826. The van der Waals surface area contributed by atoms with E-state index in [1.807, 2.05) is 0 Å². The van der Waals surface area contributed by atoms with Crippen molar-refractivity contribution in [1.29, 1.82) is 0 Å². The SMILES string of the molecule is COc1cc(NC(C)C(F)F)ncn1. The van der Waals surface area contributed by atoms with Gasteiger partial charge in [-0.25, -0.2) is 18.7 Å². The second-order valence-electron chi connectivity index (χ2n) is 2.71. The van der Waals surface area contributed by atoms with E-state index in [0.29, 0.717) is 11.7 Å². The lowest BCUT2D eigenvalue weighted by Crippen LogP contribution is -2.24. The first-order valence-electron chi connectivity index (χ1n) is 4.04. The predicted octanol–water partition coefficient (Wildman–Crippen LogP) is 1.55. The Bertz CT molecular complexity index is 296. The average molecular weight is 203 g/mol. The van der Waals surface area contributed by atoms with Gasteiger partial charge < -0.3 is 10.1 Å². The van der Waals surface area contributed by atoms with Crippen molar-refractivity contribution in [1.82, 2.24) is 9.97 Å². The Morgan fingerprint density at radius 3 is 2.71 bits per heavy atom. The van der Waals surface area contributed by atoms with Crippen LogP contribution < -0.4 is 10.1 Å². The van der Waals surface area contributed by atoms with Crippen LogP contribution in [0.25, 0.3) is 0 Å². The molecule has 6 heteroatoms. The zero-order chi connectivity index (χ0) is 10.6. The monoisotopic (exact) mass is 203 g/mol. The Labute approximate surface area is 80.3 Å². The van der Waals surface area contributed by atoms with Gasteiger partial charge in [0.05, 0.1) is 13.2 Å². The number of anilines is 1. The predicted molar refractivity (Wildman–Crippen MR) is 47.7 cm³/mol. The lowest BCUT2D eigenvalue weighted by Gasteiger charge is -2.12. The summed E-state index contributed by atoms with van der Waals surface area (Å²) in [4.78, 5) is 7.52. The fourth-order valence-corrected chi connectivity index (χ4v) is 0.826. The Morgan fingerprint density at radius 2 is 2.14 bits per heavy atom. The molecule has 78 valence electrons. The van der Waals surface area contributed by atoms with Gasteiger partial charge in [0.1, 0.15) is 12.1 Å². The maximum atomic E-state index is 12.2. The molecule has 0 aromatic carbocycles. The number of alkyl halides is 2. The third kappa shape index (κ3) is 2.79. The molecule has 0 spiro atoms. The summed E-state index contributed by atoms with van der Waals surface area (Å²) in [6, 6.07) is 0.508. The molecule has 0 aliphatic carbocycles. The molecular formula is C8H11F2N3O. The van der Waals surface area contributed by atoms with Gasteiger partial charge in [-0.1, -0.05) is 0 Å². The molecule has 1 aromatic heterocycles. The largest absolute Gasteiger partial charge is 0.481 e. The molecule has 0 aliphatic rings. The number of nitrogens with one attached hydrogen (secondary N) is 1. The third-order valence-corrected chi connectivity index (χ3v) is 1.60. The second-order valence-corrected chi connectivity index (χ2v) is 2.71. The third-order valence-electron chi connectivity index (χ3n) is 1.60. The molecule has 0 bridgehead atoms. The average Bonchev–Trinajstić information content (AvgIpc) is 2.18. The molecule has 0 amide bonds. The fraction of sp³-hybridized carbons (Fsp3) is 0.500. The summed E-state index contributed by atoms with van der Waals surface area (Å²) in [6.07, 6.45) is -1.18. The Hall–Kier alpha value is -1.46. The van der Waals surface area contributed by atoms with Crippen LogP contribution in [0.3, 0.4) is 0 Å². The number of aromatic nitrogens is 2. The number of nitrogens with zero attached hydrogens (tertiary/aromatic N) is 2. The minimum Gasteiger partial charge on any atom is -0.481 e. The summed E-state index contributed by atoms with van der Waals surface area (Å²) in [7, 11) is 1.45. The number of rotatable bonds is 4. The molecule has 1 aromatic rings. The summed E-state index contributed by atoms with van der Waals surface area (Å²) in [6.45, 7) is 1.37. The summed E-state index contributed by atoms with van der Waals surface area (Å²) < 4.78 is 29.1. The molecule has 0 saturated heterocycles. The van der Waals surface area contributed by atoms with Crippen molar-refractivity contribution < 1.29 is 13.5 Å². The van der Waals surface area contributed by atoms with Crippen molar-refractivity contribution in [2.45, 2.75) is 19.4 Å². The number of ether oxygens (including phenoxy) is 1. The van der Waals surface area contributed by atoms with Crippen molar-refractivity contribution in [3.8, 4) is 5.88 Å². The molecule has 1 rings (SSSR count). The zero-order valence-corrected chi connectivity index (χ0v) is 7.87. The van der Waals surface area contributed by atoms with E-state index in [4.69, 9.17) is 4.74 Å². The maximum Gasteiger partial charge on any atom is 0.258 e. The van der Waals surface area contributed by atoms with Gasteiger partial charge in [0.2, 0.25) is 5.88 Å². The van der Waals surface area contributed by atoms with Crippen LogP contribution in [0.2, 0.25) is 0 Å². The van der Waals surface area contributed by atoms with E-state index < -0.39 is 12.5 Å². The first-order chi connectivity index (χ1) is 6.63. The van der Waals surface area contributed by atoms with Crippen LogP contribution in [-0.4, -0.2) is 29.5 Å². The number of halogens is 2. The first-order valence-corrected chi connectivity index (χ1v) is 4.04. The van der Waals surface area contributed by atoms with Crippen molar-refractivity contribution in [3.63, 3.8) is 0 Å². The molecule has 1 heterocycles. The summed E-state index contributed by atoms with van der Waals surface area (Å²) in [5.74, 6) is 0.661. The van der Waals surface area contributed by atoms with E-state index in [1.165, 1.54) is 26.4 Å². The molecule has 0 aliphatic heterocycles. The Morgan fingerprint density at radius 1 is 1.43 bits per heavy atom. The topological polar surface area (TPSA) is 47.0 Å². The highest BCUT2D eigenvalue weighted by atomic mass is 19.3. The van der Waals surface area contributed by atoms with Crippen LogP contribution >= 0.6 is 0 Å². The van der Waals surface area contributed by atoms with Gasteiger partial charge in [0.15, 0.2) is 0 Å². The van der Waals surface area contributed by atoms with E-state index in [9.17, 15) is 8.78 Å². The lowest BCUT2D eigenvalue weighted by atomic mass is 10.3. The van der Waals surface area contributed by atoms with E-state index in [0.717, 1.165) is 0 Å². The van der Waals surface area contributed by atoms with E-state index >= 15 is 0 Å². The standard InChI is InChI=1S/C8H11F2N3O/c1-5(8(9)10)13-6-3-7(14-2)12-4-11-6/h3-5,8H,1-2H3,(H,11,12,13). The molecule has 1 atom stereocenters. The van der Waals surface area contributed by atoms with E-state index in [2.05, 4.69) is 15.3 Å². The van der Waals surface area contributed by atoms with Crippen LogP contribution in [0, 0.1) is 0 Å². The van der Waals surface area contributed by atoms with Gasteiger partial charge in [0.25, 0.3) is 6.43 Å². The molecule has 0 saturated carbocycles. The minimum absolute atomic E-state index is 0.324. The molecule has 4 nitrogen and oxygen atoms in total. The summed E-state index contributed by atoms with van der Waals surface area (Å²) >= 11 is 0. The van der Waals surface area contributed by atoms with Crippen molar-refractivity contribution in [3.05, 3.63) is 12.4 Å². The van der Waals surface area contributed by atoms with Gasteiger partial charge in [-0.15, -0.1) is 0 Å². The van der Waals surface area contributed by atoms with Crippen LogP contribution in [0.1, 0.15) is 6.92 Å². The maximum absolute atomic E-state index is 12.2. The van der Waals surface area contributed by atoms with Crippen LogP contribution in [0.4, 0.5) is 14.6 Å². The summed E-state index contributed by atoms with van der Waals surface area (Å²) in [5, 5.41) is 2.53. The highest BCUT2D eigenvalue weighted by Gasteiger charge is 2.14. The van der Waals surface area contributed by atoms with Gasteiger partial charge in [-0.05, 0) is 6.92 Å². The van der Waals surface area contributed by atoms with Crippen LogP contribution in [0.15, 0.2) is 12.4 Å². The highest BCUT2D eigenvalue weighted by molar-refractivity contribution is 5.37. The zero-order valence-electron chi connectivity index (χ0n) is 7.87. The van der Waals surface area contributed by atoms with Gasteiger partial charge in [-0.3, -0.25) is 0 Å². The number of hydrogen-bond donors (Lipinski definition) is 1. The van der Waals surface area contributed by atoms with Crippen molar-refractivity contribution in [2.24, 2.45) is 0 Å². The summed E-state index contributed by atoms with van der Waals surface area (Å²) in [5.41, 5.74) is 0. The van der Waals surface area contributed by atoms with Crippen LogP contribution in [0.5, 0.6) is 5.88 Å². The highest BCUT2D eigenvalue weighted by Crippen LogP contribution is 2.13. The molecule has 1 N–H and O–H groups in total. The Kier molecular flexibility index (Phi) is 3.55. The lowest BCUT2D eigenvalue weighted by molar-refractivity contribution is 0.130. The van der Waals surface area contributed by atoms with Crippen molar-refractivity contribution >= 4 is 5.82 Å². The normalized spacial score (nSPS) is 12.6. The molecular weight excluding hydrogens is 192 g/mol.